The second-order valence-corrected chi connectivity index (χ2v) is 6.23. The molecule has 0 saturated heterocycles. The Bertz CT molecular complexity index is 341. The smallest absolute Gasteiger partial charge is 0.0107 e. The van der Waals surface area contributed by atoms with Crippen molar-refractivity contribution in [3.8, 4) is 0 Å². The van der Waals surface area contributed by atoms with Crippen LogP contribution in [0.5, 0.6) is 0 Å². The molecule has 1 heteroatoms. The molecule has 0 aromatic heterocycles. The zero-order valence-electron chi connectivity index (χ0n) is 14.5. The van der Waals surface area contributed by atoms with Gasteiger partial charge in [0.1, 0.15) is 0 Å². The maximum absolute atomic E-state index is 3.74. The third-order valence-electron chi connectivity index (χ3n) is 4.25. The van der Waals surface area contributed by atoms with Crippen LogP contribution < -0.4 is 5.32 Å². The summed E-state index contributed by atoms with van der Waals surface area (Å²) in [7, 11) is 0. The molecule has 120 valence electrons. The van der Waals surface area contributed by atoms with Crippen LogP contribution in [-0.2, 0) is 12.8 Å². The van der Waals surface area contributed by atoms with Gasteiger partial charge >= 0.3 is 0 Å². The molecule has 0 radical (unpaired) electrons. The minimum absolute atomic E-state index is 0.652. The van der Waals surface area contributed by atoms with Crippen molar-refractivity contribution in [2.75, 3.05) is 6.54 Å². The predicted molar refractivity (Wildman–Crippen MR) is 95.0 cm³/mol. The topological polar surface area (TPSA) is 12.0 Å². The molecule has 0 fully saturated rings. The summed E-state index contributed by atoms with van der Waals surface area (Å²) >= 11 is 0. The van der Waals surface area contributed by atoms with Crippen LogP contribution in [0, 0.1) is 0 Å². The van der Waals surface area contributed by atoms with Crippen molar-refractivity contribution in [1.82, 2.24) is 5.32 Å². The van der Waals surface area contributed by atoms with E-state index < -0.39 is 0 Å². The molecule has 1 unspecified atom stereocenters. The summed E-state index contributed by atoms with van der Waals surface area (Å²) in [6, 6.07) is 9.85. The van der Waals surface area contributed by atoms with Gasteiger partial charge in [-0.2, -0.15) is 0 Å². The Morgan fingerprint density at radius 1 is 0.810 bits per heavy atom. The van der Waals surface area contributed by atoms with E-state index in [2.05, 4.69) is 50.4 Å². The van der Waals surface area contributed by atoms with Crippen LogP contribution in [0.1, 0.15) is 76.8 Å². The van der Waals surface area contributed by atoms with Gasteiger partial charge < -0.3 is 5.32 Å². The lowest BCUT2D eigenvalue weighted by Gasteiger charge is -2.19. The Morgan fingerprint density at radius 3 is 2.10 bits per heavy atom. The molecule has 0 aliphatic heterocycles. The van der Waals surface area contributed by atoms with Gasteiger partial charge in [0.05, 0.1) is 0 Å². The van der Waals surface area contributed by atoms with Crippen molar-refractivity contribution < 1.29 is 0 Å². The van der Waals surface area contributed by atoms with Gasteiger partial charge in [-0.3, -0.25) is 0 Å². The molecule has 1 aromatic rings. The fourth-order valence-electron chi connectivity index (χ4n) is 2.81. The SMILES string of the molecule is CCCCCCCC(Cc1ccc(CC)cc1)NCCC. The van der Waals surface area contributed by atoms with E-state index in [0.717, 1.165) is 13.0 Å². The second-order valence-electron chi connectivity index (χ2n) is 6.23. The molecule has 0 spiro atoms. The molecule has 0 aliphatic rings. The van der Waals surface area contributed by atoms with Crippen LogP contribution >= 0.6 is 0 Å². The molecule has 0 bridgehead atoms. The van der Waals surface area contributed by atoms with E-state index in [4.69, 9.17) is 0 Å². The first-order chi connectivity index (χ1) is 10.3. The number of benzene rings is 1. The molecule has 0 saturated carbocycles. The van der Waals surface area contributed by atoms with Crippen LogP contribution in [0.3, 0.4) is 0 Å². The van der Waals surface area contributed by atoms with Gasteiger partial charge in [-0.25, -0.2) is 0 Å². The maximum Gasteiger partial charge on any atom is 0.0107 e. The lowest BCUT2D eigenvalue weighted by molar-refractivity contribution is 0.451. The minimum Gasteiger partial charge on any atom is -0.314 e. The van der Waals surface area contributed by atoms with Gasteiger partial charge in [0.25, 0.3) is 0 Å². The first-order valence-corrected chi connectivity index (χ1v) is 9.11. The van der Waals surface area contributed by atoms with Gasteiger partial charge in [-0.1, -0.05) is 77.1 Å². The summed E-state index contributed by atoms with van der Waals surface area (Å²) < 4.78 is 0. The Hall–Kier alpha value is -0.820. The minimum atomic E-state index is 0.652. The molecular formula is C20H35N. The second kappa shape index (κ2) is 11.8. The highest BCUT2D eigenvalue weighted by Gasteiger charge is 2.08. The van der Waals surface area contributed by atoms with Gasteiger partial charge in [0.15, 0.2) is 0 Å². The quantitative estimate of drug-likeness (QED) is 0.500. The number of rotatable bonds is 12. The summed E-state index contributed by atoms with van der Waals surface area (Å²) in [5, 5.41) is 3.74. The lowest BCUT2D eigenvalue weighted by Crippen LogP contribution is -2.31. The number of hydrogen-bond acceptors (Lipinski definition) is 1. The average molecular weight is 290 g/mol. The first-order valence-electron chi connectivity index (χ1n) is 9.11. The summed E-state index contributed by atoms with van der Waals surface area (Å²) in [4.78, 5) is 0. The highest BCUT2D eigenvalue weighted by Crippen LogP contribution is 2.13. The number of hydrogen-bond donors (Lipinski definition) is 1. The highest BCUT2D eigenvalue weighted by molar-refractivity contribution is 5.23. The number of aryl methyl sites for hydroxylation is 1. The van der Waals surface area contributed by atoms with E-state index in [9.17, 15) is 0 Å². The lowest BCUT2D eigenvalue weighted by atomic mass is 9.98. The van der Waals surface area contributed by atoms with Crippen molar-refractivity contribution >= 4 is 0 Å². The van der Waals surface area contributed by atoms with E-state index >= 15 is 0 Å². The van der Waals surface area contributed by atoms with E-state index in [1.807, 2.05) is 0 Å². The third kappa shape index (κ3) is 8.26. The third-order valence-corrected chi connectivity index (χ3v) is 4.25. The Balaban J connectivity index is 2.40. The van der Waals surface area contributed by atoms with Crippen LogP contribution in [0.15, 0.2) is 24.3 Å². The van der Waals surface area contributed by atoms with Crippen molar-refractivity contribution in [3.05, 3.63) is 35.4 Å². The summed E-state index contributed by atoms with van der Waals surface area (Å²) in [6.07, 6.45) is 11.8. The van der Waals surface area contributed by atoms with E-state index in [1.165, 1.54) is 62.5 Å². The summed E-state index contributed by atoms with van der Waals surface area (Å²) in [6.45, 7) is 7.90. The molecule has 21 heavy (non-hydrogen) atoms. The van der Waals surface area contributed by atoms with Gasteiger partial charge in [0.2, 0.25) is 0 Å². The number of nitrogens with one attached hydrogen (secondary N) is 1. The molecule has 0 aliphatic carbocycles. The maximum atomic E-state index is 3.74. The number of unbranched alkanes of at least 4 members (excludes halogenated alkanes) is 4. The fraction of sp³-hybridized carbons (Fsp3) is 0.700. The standard InChI is InChI=1S/C20H35N/c1-4-7-8-9-10-11-20(21-16-5-2)17-19-14-12-18(6-3)13-15-19/h12-15,20-21H,4-11,16-17H2,1-3H3. The van der Waals surface area contributed by atoms with Crippen LogP contribution in [0.2, 0.25) is 0 Å². The first kappa shape index (κ1) is 18.2. The van der Waals surface area contributed by atoms with Crippen molar-refractivity contribution in [1.29, 1.82) is 0 Å². The Labute approximate surface area is 132 Å². The van der Waals surface area contributed by atoms with Crippen LogP contribution in [-0.4, -0.2) is 12.6 Å². The normalized spacial score (nSPS) is 12.5. The zero-order valence-corrected chi connectivity index (χ0v) is 14.5. The molecule has 1 N–H and O–H groups in total. The molecular weight excluding hydrogens is 254 g/mol. The molecule has 1 rings (SSSR count). The largest absolute Gasteiger partial charge is 0.314 e. The monoisotopic (exact) mass is 289 g/mol. The predicted octanol–water partition coefficient (Wildman–Crippen LogP) is 5.52. The van der Waals surface area contributed by atoms with Gasteiger partial charge in [-0.05, 0) is 43.4 Å². The Morgan fingerprint density at radius 2 is 1.48 bits per heavy atom. The van der Waals surface area contributed by atoms with Crippen molar-refractivity contribution in [2.24, 2.45) is 0 Å². The molecule has 1 atom stereocenters. The highest BCUT2D eigenvalue weighted by atomic mass is 14.9. The van der Waals surface area contributed by atoms with E-state index in [1.54, 1.807) is 0 Å². The van der Waals surface area contributed by atoms with Gasteiger partial charge in [0, 0.05) is 6.04 Å². The molecule has 0 heterocycles. The molecule has 1 nitrogen and oxygen atoms in total. The van der Waals surface area contributed by atoms with Crippen molar-refractivity contribution in [3.63, 3.8) is 0 Å². The summed E-state index contributed by atoms with van der Waals surface area (Å²) in [5.41, 5.74) is 2.92. The zero-order chi connectivity index (χ0) is 15.3. The Kier molecular flexibility index (Phi) is 10.2. The average Bonchev–Trinajstić information content (AvgIpc) is 2.52. The van der Waals surface area contributed by atoms with E-state index in [0.29, 0.717) is 6.04 Å². The fourth-order valence-corrected chi connectivity index (χ4v) is 2.81. The molecule has 0 amide bonds. The van der Waals surface area contributed by atoms with E-state index in [-0.39, 0.29) is 0 Å². The van der Waals surface area contributed by atoms with Crippen LogP contribution in [0.25, 0.3) is 0 Å². The van der Waals surface area contributed by atoms with Crippen LogP contribution in [0.4, 0.5) is 0 Å². The van der Waals surface area contributed by atoms with Crippen molar-refractivity contribution in [2.45, 2.75) is 84.6 Å². The van der Waals surface area contributed by atoms with Gasteiger partial charge in [-0.15, -0.1) is 0 Å². The summed E-state index contributed by atoms with van der Waals surface area (Å²) in [5.74, 6) is 0. The molecule has 1 aromatic carbocycles.